The van der Waals surface area contributed by atoms with Gasteiger partial charge in [-0.2, -0.15) is 0 Å². The summed E-state index contributed by atoms with van der Waals surface area (Å²) in [6.45, 7) is 5.22. The summed E-state index contributed by atoms with van der Waals surface area (Å²) in [5.41, 5.74) is 6.46. The van der Waals surface area contributed by atoms with Gasteiger partial charge in [0.1, 0.15) is 0 Å². The topological polar surface area (TPSA) is 38.5 Å². The maximum atomic E-state index is 13.8. The van der Waals surface area contributed by atoms with Gasteiger partial charge in [0.2, 0.25) is 0 Å². The molecule has 2 N–H and O–H groups in total. The van der Waals surface area contributed by atoms with Gasteiger partial charge < -0.3 is 10.5 Å². The standard InChI is InChI=1S/C13H19FN2O/c1-10-8-16(6-3-7-17-10)9-11-4-2-5-12(15)13(11)14/h2,4-5,10H,3,6-9,15H2,1H3. The quantitative estimate of drug-likeness (QED) is 0.801. The van der Waals surface area contributed by atoms with Crippen LogP contribution in [-0.2, 0) is 11.3 Å². The zero-order chi connectivity index (χ0) is 12.3. The van der Waals surface area contributed by atoms with Gasteiger partial charge in [0.25, 0.3) is 0 Å². The third-order valence-corrected chi connectivity index (χ3v) is 3.04. The van der Waals surface area contributed by atoms with E-state index < -0.39 is 0 Å². The van der Waals surface area contributed by atoms with E-state index in [-0.39, 0.29) is 17.6 Å². The number of benzene rings is 1. The summed E-state index contributed by atoms with van der Waals surface area (Å²) >= 11 is 0. The summed E-state index contributed by atoms with van der Waals surface area (Å²) in [6, 6.07) is 5.18. The zero-order valence-electron chi connectivity index (χ0n) is 10.2. The van der Waals surface area contributed by atoms with Crippen LogP contribution in [0.2, 0.25) is 0 Å². The van der Waals surface area contributed by atoms with Crippen LogP contribution in [0.3, 0.4) is 0 Å². The Morgan fingerprint density at radius 3 is 3.18 bits per heavy atom. The summed E-state index contributed by atoms with van der Waals surface area (Å²) in [7, 11) is 0. The van der Waals surface area contributed by atoms with E-state index in [0.717, 1.165) is 26.1 Å². The molecule has 3 nitrogen and oxygen atoms in total. The highest BCUT2D eigenvalue weighted by molar-refractivity contribution is 5.42. The SMILES string of the molecule is CC1CN(Cc2cccc(N)c2F)CCCO1. The second-order valence-electron chi connectivity index (χ2n) is 4.59. The average molecular weight is 238 g/mol. The number of anilines is 1. The molecular weight excluding hydrogens is 219 g/mol. The molecule has 0 saturated carbocycles. The van der Waals surface area contributed by atoms with Crippen molar-refractivity contribution in [1.82, 2.24) is 4.90 Å². The van der Waals surface area contributed by atoms with Crippen LogP contribution in [0.4, 0.5) is 10.1 Å². The molecule has 1 fully saturated rings. The van der Waals surface area contributed by atoms with E-state index in [4.69, 9.17) is 10.5 Å². The lowest BCUT2D eigenvalue weighted by atomic mass is 10.1. The second kappa shape index (κ2) is 5.47. The normalized spacial score (nSPS) is 22.4. The first kappa shape index (κ1) is 12.3. The number of nitrogen functional groups attached to an aromatic ring is 1. The highest BCUT2D eigenvalue weighted by atomic mass is 19.1. The summed E-state index contributed by atoms with van der Waals surface area (Å²) in [5.74, 6) is -0.287. The van der Waals surface area contributed by atoms with Crippen LogP contribution >= 0.6 is 0 Å². The molecule has 0 aromatic heterocycles. The summed E-state index contributed by atoms with van der Waals surface area (Å²) in [6.07, 6.45) is 1.20. The van der Waals surface area contributed by atoms with Gasteiger partial charge in [-0.15, -0.1) is 0 Å². The number of hydrogen-bond donors (Lipinski definition) is 1. The number of nitrogens with two attached hydrogens (primary N) is 1. The molecular formula is C13H19FN2O. The van der Waals surface area contributed by atoms with Gasteiger partial charge in [0, 0.05) is 31.8 Å². The van der Waals surface area contributed by atoms with Gasteiger partial charge in [-0.05, 0) is 19.4 Å². The Morgan fingerprint density at radius 2 is 2.35 bits per heavy atom. The van der Waals surface area contributed by atoms with Crippen LogP contribution in [0, 0.1) is 5.82 Å². The Balaban J connectivity index is 2.06. The highest BCUT2D eigenvalue weighted by Crippen LogP contribution is 2.17. The van der Waals surface area contributed by atoms with Crippen molar-refractivity contribution in [2.24, 2.45) is 0 Å². The lowest BCUT2D eigenvalue weighted by Gasteiger charge is -2.22. The number of rotatable bonds is 2. The van der Waals surface area contributed by atoms with Gasteiger partial charge in [-0.1, -0.05) is 12.1 Å². The molecule has 0 spiro atoms. The van der Waals surface area contributed by atoms with Crippen LogP contribution in [0.15, 0.2) is 18.2 Å². The van der Waals surface area contributed by atoms with Gasteiger partial charge in [0.05, 0.1) is 11.8 Å². The predicted octanol–water partition coefficient (Wildman–Crippen LogP) is 2.02. The summed E-state index contributed by atoms with van der Waals surface area (Å²) < 4.78 is 19.3. The number of halogens is 1. The molecule has 1 aliphatic heterocycles. The first-order valence-corrected chi connectivity index (χ1v) is 6.03. The van der Waals surface area contributed by atoms with Crippen LogP contribution in [-0.4, -0.2) is 30.7 Å². The minimum atomic E-state index is -0.287. The Kier molecular flexibility index (Phi) is 3.97. The first-order valence-electron chi connectivity index (χ1n) is 6.03. The summed E-state index contributed by atoms with van der Waals surface area (Å²) in [5, 5.41) is 0. The number of nitrogens with zero attached hydrogens (tertiary/aromatic N) is 1. The van der Waals surface area contributed by atoms with Crippen molar-refractivity contribution in [3.63, 3.8) is 0 Å². The average Bonchev–Trinajstić information content (AvgIpc) is 2.49. The lowest BCUT2D eigenvalue weighted by Crippen LogP contribution is -2.30. The Hall–Kier alpha value is -1.13. The molecule has 1 aromatic carbocycles. The van der Waals surface area contributed by atoms with E-state index in [2.05, 4.69) is 4.90 Å². The highest BCUT2D eigenvalue weighted by Gasteiger charge is 2.16. The molecule has 0 radical (unpaired) electrons. The van der Waals surface area contributed by atoms with Gasteiger partial charge in [0.15, 0.2) is 5.82 Å². The van der Waals surface area contributed by atoms with Crippen molar-refractivity contribution in [2.75, 3.05) is 25.4 Å². The largest absolute Gasteiger partial charge is 0.396 e. The fourth-order valence-electron chi connectivity index (χ4n) is 2.19. The van der Waals surface area contributed by atoms with Crippen LogP contribution < -0.4 is 5.73 Å². The molecule has 0 amide bonds. The molecule has 1 aromatic rings. The van der Waals surface area contributed by atoms with Crippen molar-refractivity contribution in [2.45, 2.75) is 26.0 Å². The number of ether oxygens (including phenoxy) is 1. The van der Waals surface area contributed by atoms with Crippen molar-refractivity contribution in [1.29, 1.82) is 0 Å². The summed E-state index contributed by atoms with van der Waals surface area (Å²) in [4.78, 5) is 2.22. The molecule has 1 saturated heterocycles. The van der Waals surface area contributed by atoms with E-state index in [1.54, 1.807) is 18.2 Å². The van der Waals surface area contributed by atoms with Crippen LogP contribution in [0.1, 0.15) is 18.9 Å². The maximum Gasteiger partial charge on any atom is 0.150 e. The smallest absolute Gasteiger partial charge is 0.150 e. The van der Waals surface area contributed by atoms with Crippen molar-refractivity contribution in [3.05, 3.63) is 29.6 Å². The fraction of sp³-hybridized carbons (Fsp3) is 0.538. The zero-order valence-corrected chi connectivity index (χ0v) is 10.2. The molecule has 2 rings (SSSR count). The minimum absolute atomic E-state index is 0.210. The molecule has 94 valence electrons. The van der Waals surface area contributed by atoms with Gasteiger partial charge in [-0.25, -0.2) is 4.39 Å². The van der Waals surface area contributed by atoms with E-state index >= 15 is 0 Å². The third kappa shape index (κ3) is 3.17. The number of hydrogen-bond acceptors (Lipinski definition) is 3. The van der Waals surface area contributed by atoms with Crippen molar-refractivity contribution in [3.8, 4) is 0 Å². The predicted molar refractivity (Wildman–Crippen MR) is 66.1 cm³/mol. The minimum Gasteiger partial charge on any atom is -0.396 e. The van der Waals surface area contributed by atoms with E-state index in [1.165, 1.54) is 0 Å². The lowest BCUT2D eigenvalue weighted by molar-refractivity contribution is 0.0666. The van der Waals surface area contributed by atoms with E-state index in [9.17, 15) is 4.39 Å². The molecule has 4 heteroatoms. The van der Waals surface area contributed by atoms with E-state index in [1.807, 2.05) is 6.92 Å². The first-order chi connectivity index (χ1) is 8.16. The molecule has 0 aliphatic carbocycles. The Morgan fingerprint density at radius 1 is 1.53 bits per heavy atom. The maximum absolute atomic E-state index is 13.8. The molecule has 1 heterocycles. The molecule has 1 unspecified atom stereocenters. The Bertz CT molecular complexity index is 384. The van der Waals surface area contributed by atoms with Crippen LogP contribution in [0.25, 0.3) is 0 Å². The third-order valence-electron chi connectivity index (χ3n) is 3.04. The van der Waals surface area contributed by atoms with Crippen molar-refractivity contribution >= 4 is 5.69 Å². The second-order valence-corrected chi connectivity index (χ2v) is 4.59. The molecule has 0 bridgehead atoms. The van der Waals surface area contributed by atoms with Gasteiger partial charge >= 0.3 is 0 Å². The van der Waals surface area contributed by atoms with Crippen LogP contribution in [0.5, 0.6) is 0 Å². The monoisotopic (exact) mass is 238 g/mol. The van der Waals surface area contributed by atoms with E-state index in [0.29, 0.717) is 12.1 Å². The van der Waals surface area contributed by atoms with Crippen molar-refractivity contribution < 1.29 is 9.13 Å². The van der Waals surface area contributed by atoms with Gasteiger partial charge in [-0.3, -0.25) is 4.90 Å². The molecule has 1 aliphatic rings. The molecule has 17 heavy (non-hydrogen) atoms. The fourth-order valence-corrected chi connectivity index (χ4v) is 2.19. The molecule has 1 atom stereocenters. The Labute approximate surface area is 101 Å².